The van der Waals surface area contributed by atoms with Gasteiger partial charge in [-0.25, -0.2) is 0 Å². The Bertz CT molecular complexity index is 378. The van der Waals surface area contributed by atoms with Gasteiger partial charge in [-0.05, 0) is 25.2 Å². The van der Waals surface area contributed by atoms with Crippen molar-refractivity contribution in [3.05, 3.63) is 0 Å². The number of hydrogen-bond acceptors (Lipinski definition) is 3. The number of hydrogen-bond donors (Lipinski definition) is 3. The highest BCUT2D eigenvalue weighted by Crippen LogP contribution is 2.25. The third-order valence-corrected chi connectivity index (χ3v) is 4.18. The zero-order valence-electron chi connectivity index (χ0n) is 13.4. The Kier molecular flexibility index (Phi) is 8.55. The van der Waals surface area contributed by atoms with Crippen molar-refractivity contribution in [1.29, 1.82) is 0 Å². The highest BCUT2D eigenvalue weighted by atomic mass is 16.4. The number of carbonyl (C=O) groups excluding carboxylic acids is 2. The molecule has 3 N–H and O–H groups in total. The predicted octanol–water partition coefficient (Wildman–Crippen LogP) is 1.69. The van der Waals surface area contributed by atoms with E-state index in [1.54, 1.807) is 0 Å². The normalized spacial score (nSPS) is 16.8. The van der Waals surface area contributed by atoms with Crippen LogP contribution in [0.3, 0.4) is 0 Å². The Hall–Kier alpha value is -1.59. The van der Waals surface area contributed by atoms with Crippen LogP contribution in [0.2, 0.25) is 0 Å². The van der Waals surface area contributed by atoms with Crippen molar-refractivity contribution in [2.45, 2.75) is 58.3 Å². The molecular weight excluding hydrogens is 284 g/mol. The molecule has 0 radical (unpaired) electrons. The molecule has 0 aromatic carbocycles. The van der Waals surface area contributed by atoms with E-state index in [9.17, 15) is 14.4 Å². The zero-order valence-corrected chi connectivity index (χ0v) is 13.4. The van der Waals surface area contributed by atoms with E-state index in [4.69, 9.17) is 5.11 Å². The molecule has 0 saturated heterocycles. The average Bonchev–Trinajstić information content (AvgIpc) is 2.50. The Morgan fingerprint density at radius 3 is 2.36 bits per heavy atom. The summed E-state index contributed by atoms with van der Waals surface area (Å²) in [6.45, 7) is 1.94. The van der Waals surface area contributed by atoms with Crippen LogP contribution in [0.1, 0.15) is 58.3 Å². The largest absolute Gasteiger partial charge is 0.481 e. The van der Waals surface area contributed by atoms with Gasteiger partial charge in [0.2, 0.25) is 11.8 Å². The third kappa shape index (κ3) is 7.43. The first kappa shape index (κ1) is 18.5. The van der Waals surface area contributed by atoms with Crippen molar-refractivity contribution < 1.29 is 19.5 Å². The predicted molar refractivity (Wildman–Crippen MR) is 83.2 cm³/mol. The molecule has 0 aromatic heterocycles. The van der Waals surface area contributed by atoms with Crippen LogP contribution in [0.5, 0.6) is 0 Å². The van der Waals surface area contributed by atoms with Crippen LogP contribution in [0, 0.1) is 11.8 Å². The molecule has 126 valence electrons. The van der Waals surface area contributed by atoms with Crippen molar-refractivity contribution in [2.24, 2.45) is 11.8 Å². The van der Waals surface area contributed by atoms with Crippen LogP contribution in [0.4, 0.5) is 0 Å². The van der Waals surface area contributed by atoms with Crippen molar-refractivity contribution in [2.75, 3.05) is 13.1 Å². The summed E-state index contributed by atoms with van der Waals surface area (Å²) in [5.74, 6) is -1.45. The maximum Gasteiger partial charge on any atom is 0.308 e. The smallest absolute Gasteiger partial charge is 0.308 e. The highest BCUT2D eigenvalue weighted by Gasteiger charge is 2.19. The van der Waals surface area contributed by atoms with Crippen LogP contribution in [0.15, 0.2) is 0 Å². The van der Waals surface area contributed by atoms with Gasteiger partial charge >= 0.3 is 5.97 Å². The van der Waals surface area contributed by atoms with Gasteiger partial charge in [0.15, 0.2) is 0 Å². The second kappa shape index (κ2) is 10.2. The fourth-order valence-electron chi connectivity index (χ4n) is 2.87. The lowest BCUT2D eigenvalue weighted by Gasteiger charge is -2.20. The number of carboxylic acids is 1. The van der Waals surface area contributed by atoms with Gasteiger partial charge in [0.1, 0.15) is 0 Å². The van der Waals surface area contributed by atoms with E-state index in [1.165, 1.54) is 19.3 Å². The molecule has 6 nitrogen and oxygen atoms in total. The minimum absolute atomic E-state index is 0.0793. The van der Waals surface area contributed by atoms with Gasteiger partial charge in [-0.3, -0.25) is 14.4 Å². The first-order chi connectivity index (χ1) is 10.5. The molecule has 1 rings (SSSR count). The molecule has 0 heterocycles. The van der Waals surface area contributed by atoms with Crippen LogP contribution in [0.25, 0.3) is 0 Å². The van der Waals surface area contributed by atoms with Crippen LogP contribution < -0.4 is 10.6 Å². The molecule has 1 fully saturated rings. The van der Waals surface area contributed by atoms with Gasteiger partial charge in [0.25, 0.3) is 0 Å². The maximum absolute atomic E-state index is 11.8. The van der Waals surface area contributed by atoms with Gasteiger partial charge in [-0.2, -0.15) is 0 Å². The molecular formula is C16H28N2O4. The van der Waals surface area contributed by atoms with E-state index in [2.05, 4.69) is 10.6 Å². The maximum atomic E-state index is 11.8. The fraction of sp³-hybridized carbons (Fsp3) is 0.812. The van der Waals surface area contributed by atoms with E-state index >= 15 is 0 Å². The Labute approximate surface area is 132 Å². The first-order valence-corrected chi connectivity index (χ1v) is 8.29. The van der Waals surface area contributed by atoms with Gasteiger partial charge < -0.3 is 15.7 Å². The minimum Gasteiger partial charge on any atom is -0.481 e. The Morgan fingerprint density at radius 1 is 1.09 bits per heavy atom. The van der Waals surface area contributed by atoms with Crippen LogP contribution >= 0.6 is 0 Å². The Morgan fingerprint density at radius 2 is 1.77 bits per heavy atom. The summed E-state index contributed by atoms with van der Waals surface area (Å²) in [5.41, 5.74) is 0. The molecule has 2 amide bonds. The summed E-state index contributed by atoms with van der Waals surface area (Å²) in [6, 6.07) is 0. The summed E-state index contributed by atoms with van der Waals surface area (Å²) in [5, 5.41) is 14.2. The number of rotatable bonds is 9. The highest BCUT2D eigenvalue weighted by molar-refractivity contribution is 5.85. The number of aliphatic carboxylic acids is 1. The molecule has 1 aliphatic carbocycles. The molecule has 0 spiro atoms. The topological polar surface area (TPSA) is 95.5 Å². The molecule has 6 heteroatoms. The summed E-state index contributed by atoms with van der Waals surface area (Å²) >= 11 is 0. The van der Waals surface area contributed by atoms with E-state index in [1.807, 2.05) is 6.92 Å². The third-order valence-electron chi connectivity index (χ3n) is 4.18. The van der Waals surface area contributed by atoms with E-state index in [0.717, 1.165) is 19.3 Å². The quantitative estimate of drug-likeness (QED) is 0.604. The van der Waals surface area contributed by atoms with Gasteiger partial charge in [-0.15, -0.1) is 0 Å². The first-order valence-electron chi connectivity index (χ1n) is 8.29. The van der Waals surface area contributed by atoms with Gasteiger partial charge in [0, 0.05) is 13.0 Å². The van der Waals surface area contributed by atoms with E-state index in [0.29, 0.717) is 18.8 Å². The van der Waals surface area contributed by atoms with Crippen molar-refractivity contribution in [3.63, 3.8) is 0 Å². The lowest BCUT2D eigenvalue weighted by molar-refractivity contribution is -0.142. The average molecular weight is 312 g/mol. The molecule has 0 aliphatic heterocycles. The minimum atomic E-state index is -0.900. The van der Waals surface area contributed by atoms with Gasteiger partial charge in [-0.1, -0.05) is 32.6 Å². The van der Waals surface area contributed by atoms with E-state index in [-0.39, 0.29) is 24.9 Å². The molecule has 1 aliphatic rings. The second-order valence-corrected chi connectivity index (χ2v) is 6.11. The lowest BCUT2D eigenvalue weighted by atomic mass is 9.87. The molecule has 0 aromatic rings. The van der Waals surface area contributed by atoms with E-state index < -0.39 is 11.9 Å². The van der Waals surface area contributed by atoms with Crippen molar-refractivity contribution in [3.8, 4) is 0 Å². The number of carboxylic acid groups (broad SMARTS) is 1. The fourth-order valence-corrected chi connectivity index (χ4v) is 2.87. The van der Waals surface area contributed by atoms with Crippen molar-refractivity contribution in [1.82, 2.24) is 10.6 Å². The van der Waals surface area contributed by atoms with Gasteiger partial charge in [0.05, 0.1) is 12.5 Å². The summed E-state index contributed by atoms with van der Waals surface area (Å²) in [4.78, 5) is 34.4. The molecule has 1 atom stereocenters. The monoisotopic (exact) mass is 312 g/mol. The molecule has 0 bridgehead atoms. The second-order valence-electron chi connectivity index (χ2n) is 6.11. The van der Waals surface area contributed by atoms with Crippen LogP contribution in [-0.4, -0.2) is 36.0 Å². The summed E-state index contributed by atoms with van der Waals surface area (Å²) < 4.78 is 0. The SMILES string of the molecule is CCCC(CNC(=O)CNC(=O)CC1CCCCC1)C(=O)O. The van der Waals surface area contributed by atoms with Crippen molar-refractivity contribution >= 4 is 17.8 Å². The van der Waals surface area contributed by atoms with Crippen LogP contribution in [-0.2, 0) is 14.4 Å². The Balaban J connectivity index is 2.18. The summed E-state index contributed by atoms with van der Waals surface area (Å²) in [7, 11) is 0. The zero-order chi connectivity index (χ0) is 16.4. The lowest BCUT2D eigenvalue weighted by Crippen LogP contribution is -2.40. The molecule has 1 saturated carbocycles. The summed E-state index contributed by atoms with van der Waals surface area (Å²) in [6.07, 6.45) is 7.59. The number of nitrogens with one attached hydrogen (secondary N) is 2. The standard InChI is InChI=1S/C16H28N2O4/c1-2-6-13(16(21)22)10-17-15(20)11-18-14(19)9-12-7-4-3-5-8-12/h12-13H,2-11H2,1H3,(H,17,20)(H,18,19)(H,21,22). The molecule has 1 unspecified atom stereocenters. The number of amides is 2. The molecule has 22 heavy (non-hydrogen) atoms. The number of carbonyl (C=O) groups is 3.